The molecule has 1 aliphatic heterocycles. The van der Waals surface area contributed by atoms with E-state index in [2.05, 4.69) is 10.3 Å². The quantitative estimate of drug-likeness (QED) is 0.533. The summed E-state index contributed by atoms with van der Waals surface area (Å²) in [5.41, 5.74) is 7.20. The number of carbonyl (C=O) groups excluding carboxylic acids is 3. The molecule has 0 spiro atoms. The van der Waals surface area contributed by atoms with Gasteiger partial charge in [-0.3, -0.25) is 19.0 Å². The number of aromatic nitrogens is 2. The fourth-order valence-corrected chi connectivity index (χ4v) is 6.94. The summed E-state index contributed by atoms with van der Waals surface area (Å²) < 4.78 is 6.88. The van der Waals surface area contributed by atoms with Crippen molar-refractivity contribution >= 4 is 55.7 Å². The van der Waals surface area contributed by atoms with Gasteiger partial charge in [0.15, 0.2) is 6.61 Å². The molecule has 5 rings (SSSR count). The Morgan fingerprint density at radius 1 is 1.15 bits per heavy atom. The monoisotopic (exact) mass is 486 g/mol. The van der Waals surface area contributed by atoms with E-state index >= 15 is 0 Å². The standard InChI is InChI=1S/C22H22N4O5S2/c1-10-15-19(24-13-7-4-8-26(13)21(15)29)33-17(10)22(30)31-9-14(27)25-20-16(18(23)28)11-5-2-3-6-12(11)32-20/h2-9H2,1H3,(H2,23,28)(H,25,27). The molecule has 2 aliphatic rings. The molecule has 0 saturated carbocycles. The molecular weight excluding hydrogens is 464 g/mol. The minimum Gasteiger partial charge on any atom is -0.451 e. The summed E-state index contributed by atoms with van der Waals surface area (Å²) >= 11 is 2.45. The molecule has 0 radical (unpaired) electrons. The van der Waals surface area contributed by atoms with Gasteiger partial charge in [0.1, 0.15) is 20.5 Å². The van der Waals surface area contributed by atoms with Crippen molar-refractivity contribution in [2.75, 3.05) is 11.9 Å². The summed E-state index contributed by atoms with van der Waals surface area (Å²) in [5, 5.41) is 3.51. The number of primary amides is 1. The Bertz CT molecular complexity index is 1380. The minimum atomic E-state index is -0.684. The molecule has 33 heavy (non-hydrogen) atoms. The number of esters is 1. The van der Waals surface area contributed by atoms with E-state index in [-0.39, 0.29) is 10.4 Å². The van der Waals surface area contributed by atoms with Gasteiger partial charge in [0.2, 0.25) is 0 Å². The Labute approximate surface area is 196 Å². The Kier molecular flexibility index (Phi) is 5.53. The lowest BCUT2D eigenvalue weighted by molar-refractivity contribution is -0.119. The van der Waals surface area contributed by atoms with Crippen molar-refractivity contribution in [1.29, 1.82) is 0 Å². The molecular formula is C22H22N4O5S2. The van der Waals surface area contributed by atoms with Gasteiger partial charge in [-0.25, -0.2) is 9.78 Å². The summed E-state index contributed by atoms with van der Waals surface area (Å²) in [6.07, 6.45) is 5.25. The highest BCUT2D eigenvalue weighted by Crippen LogP contribution is 2.38. The predicted octanol–water partition coefficient (Wildman–Crippen LogP) is 2.55. The summed E-state index contributed by atoms with van der Waals surface area (Å²) in [6, 6.07) is 0. The number of nitrogens with two attached hydrogens (primary N) is 1. The van der Waals surface area contributed by atoms with E-state index in [1.54, 1.807) is 11.5 Å². The van der Waals surface area contributed by atoms with E-state index in [4.69, 9.17) is 10.5 Å². The van der Waals surface area contributed by atoms with Crippen LogP contribution in [0.25, 0.3) is 10.2 Å². The molecule has 3 aromatic heterocycles. The average molecular weight is 487 g/mol. The molecule has 2 amide bonds. The highest BCUT2D eigenvalue weighted by Gasteiger charge is 2.27. The van der Waals surface area contributed by atoms with Gasteiger partial charge >= 0.3 is 5.97 Å². The van der Waals surface area contributed by atoms with Gasteiger partial charge in [-0.15, -0.1) is 22.7 Å². The van der Waals surface area contributed by atoms with E-state index in [1.165, 1.54) is 11.3 Å². The molecule has 0 unspecified atom stereocenters. The van der Waals surface area contributed by atoms with Crippen LogP contribution in [0.1, 0.15) is 61.1 Å². The zero-order chi connectivity index (χ0) is 23.3. The van der Waals surface area contributed by atoms with Gasteiger partial charge in [0, 0.05) is 17.8 Å². The van der Waals surface area contributed by atoms with Crippen LogP contribution in [0, 0.1) is 6.92 Å². The van der Waals surface area contributed by atoms with Crippen LogP contribution in [0.2, 0.25) is 0 Å². The number of thiophene rings is 2. The Balaban J connectivity index is 1.32. The number of nitrogens with one attached hydrogen (secondary N) is 1. The van der Waals surface area contributed by atoms with Crippen LogP contribution >= 0.6 is 22.7 Å². The number of rotatable bonds is 5. The number of carbonyl (C=O) groups is 3. The zero-order valence-electron chi connectivity index (χ0n) is 18.0. The maximum atomic E-state index is 12.8. The molecule has 0 aromatic carbocycles. The van der Waals surface area contributed by atoms with Gasteiger partial charge in [0.25, 0.3) is 17.4 Å². The normalized spacial score (nSPS) is 14.7. The van der Waals surface area contributed by atoms with Gasteiger partial charge in [0.05, 0.1) is 10.9 Å². The number of nitrogens with zero attached hydrogens (tertiary/aromatic N) is 2. The summed E-state index contributed by atoms with van der Waals surface area (Å²) in [5.74, 6) is -1.08. The van der Waals surface area contributed by atoms with Crippen molar-refractivity contribution in [3.8, 4) is 0 Å². The fourth-order valence-electron chi connectivity index (χ4n) is 4.54. The summed E-state index contributed by atoms with van der Waals surface area (Å²) in [6.45, 7) is 1.80. The van der Waals surface area contributed by atoms with E-state index in [0.717, 1.165) is 66.1 Å². The third kappa shape index (κ3) is 3.74. The van der Waals surface area contributed by atoms with Crippen molar-refractivity contribution in [3.63, 3.8) is 0 Å². The largest absolute Gasteiger partial charge is 0.451 e. The lowest BCUT2D eigenvalue weighted by Gasteiger charge is -2.11. The molecule has 0 fully saturated rings. The Morgan fingerprint density at radius 3 is 2.73 bits per heavy atom. The van der Waals surface area contributed by atoms with Gasteiger partial charge in [-0.2, -0.15) is 0 Å². The molecule has 0 bridgehead atoms. The lowest BCUT2D eigenvalue weighted by atomic mass is 9.95. The fraction of sp³-hybridized carbons (Fsp3) is 0.409. The smallest absolute Gasteiger partial charge is 0.349 e. The number of hydrogen-bond acceptors (Lipinski definition) is 8. The first kappa shape index (κ1) is 21.8. The number of hydrogen-bond donors (Lipinski definition) is 2. The molecule has 11 heteroatoms. The first-order valence-corrected chi connectivity index (χ1v) is 12.4. The molecule has 0 saturated heterocycles. The SMILES string of the molecule is Cc1c(C(=O)OCC(=O)Nc2sc3c(c2C(N)=O)CCCC3)sc2nc3n(c(=O)c12)CCC3. The molecule has 4 heterocycles. The van der Waals surface area contributed by atoms with Crippen molar-refractivity contribution in [1.82, 2.24) is 9.55 Å². The topological polar surface area (TPSA) is 133 Å². The van der Waals surface area contributed by atoms with E-state index in [1.807, 2.05) is 0 Å². The van der Waals surface area contributed by atoms with E-state index in [9.17, 15) is 19.2 Å². The van der Waals surface area contributed by atoms with Crippen molar-refractivity contribution < 1.29 is 19.1 Å². The third-order valence-corrected chi connectivity index (χ3v) is 8.47. The number of aryl methyl sites for hydroxylation is 3. The molecule has 1 aliphatic carbocycles. The van der Waals surface area contributed by atoms with Crippen LogP contribution in [0.5, 0.6) is 0 Å². The van der Waals surface area contributed by atoms with Gasteiger partial charge in [-0.05, 0) is 50.2 Å². The van der Waals surface area contributed by atoms with Crippen LogP contribution in [0.3, 0.4) is 0 Å². The maximum Gasteiger partial charge on any atom is 0.349 e. The summed E-state index contributed by atoms with van der Waals surface area (Å²) in [4.78, 5) is 56.3. The van der Waals surface area contributed by atoms with Gasteiger partial charge in [-0.1, -0.05) is 0 Å². The average Bonchev–Trinajstić information content (AvgIpc) is 3.47. The second-order valence-corrected chi connectivity index (χ2v) is 10.3. The van der Waals surface area contributed by atoms with Crippen LogP contribution in [0.4, 0.5) is 5.00 Å². The number of ether oxygens (including phenoxy) is 1. The number of fused-ring (bicyclic) bond motifs is 3. The Hall–Kier alpha value is -3.05. The van der Waals surface area contributed by atoms with Crippen LogP contribution in [-0.2, 0) is 35.3 Å². The number of anilines is 1. The second kappa shape index (κ2) is 8.38. The molecule has 3 aromatic rings. The predicted molar refractivity (Wildman–Crippen MR) is 125 cm³/mol. The summed E-state index contributed by atoms with van der Waals surface area (Å²) in [7, 11) is 0. The van der Waals surface area contributed by atoms with E-state index in [0.29, 0.717) is 32.9 Å². The lowest BCUT2D eigenvalue weighted by Crippen LogP contribution is -2.23. The van der Waals surface area contributed by atoms with Crippen molar-refractivity contribution in [2.24, 2.45) is 5.73 Å². The molecule has 3 N–H and O–H groups in total. The third-order valence-electron chi connectivity index (χ3n) is 6.10. The van der Waals surface area contributed by atoms with Crippen LogP contribution in [-0.4, -0.2) is 33.9 Å². The molecule has 172 valence electrons. The van der Waals surface area contributed by atoms with Crippen molar-refractivity contribution in [2.45, 2.75) is 52.0 Å². The molecule has 9 nitrogen and oxygen atoms in total. The highest BCUT2D eigenvalue weighted by molar-refractivity contribution is 7.20. The zero-order valence-corrected chi connectivity index (χ0v) is 19.6. The van der Waals surface area contributed by atoms with Crippen LogP contribution < -0.4 is 16.6 Å². The van der Waals surface area contributed by atoms with Gasteiger partial charge < -0.3 is 15.8 Å². The minimum absolute atomic E-state index is 0.140. The van der Waals surface area contributed by atoms with Crippen molar-refractivity contribution in [3.05, 3.63) is 42.6 Å². The first-order chi connectivity index (χ1) is 15.8. The second-order valence-electron chi connectivity index (χ2n) is 8.23. The van der Waals surface area contributed by atoms with E-state index < -0.39 is 24.4 Å². The Morgan fingerprint density at radius 2 is 1.94 bits per heavy atom. The maximum absolute atomic E-state index is 12.8. The van der Waals surface area contributed by atoms with Crippen LogP contribution in [0.15, 0.2) is 4.79 Å². The highest BCUT2D eigenvalue weighted by atomic mass is 32.1. The first-order valence-electron chi connectivity index (χ1n) is 10.8. The number of amides is 2. The molecule has 0 atom stereocenters.